The van der Waals surface area contributed by atoms with E-state index in [2.05, 4.69) is 5.32 Å². The van der Waals surface area contributed by atoms with E-state index < -0.39 is 0 Å². The molecule has 1 amide bonds. The number of nitrogens with zero attached hydrogens (tertiary/aromatic N) is 1. The number of amides is 1. The second kappa shape index (κ2) is 5.97. The number of aryl methyl sites for hydroxylation is 1. The van der Waals surface area contributed by atoms with Crippen molar-refractivity contribution in [1.82, 2.24) is 9.88 Å². The van der Waals surface area contributed by atoms with Gasteiger partial charge in [0.15, 0.2) is 5.58 Å². The van der Waals surface area contributed by atoms with Crippen LogP contribution < -0.4 is 10.1 Å². The number of para-hydroxylation sites is 1. The summed E-state index contributed by atoms with van der Waals surface area (Å²) >= 11 is 0. The summed E-state index contributed by atoms with van der Waals surface area (Å²) < 4.78 is 12.5. The summed E-state index contributed by atoms with van der Waals surface area (Å²) in [4.78, 5) is 12.3. The van der Waals surface area contributed by atoms with E-state index in [0.717, 1.165) is 28.8 Å². The van der Waals surface area contributed by atoms with Gasteiger partial charge >= 0.3 is 0 Å². The standard InChI is InChI=1S/C17H18N2O3/c1-19-13-8-10-22-16(13)11-14(19)17(20)18-9-7-12-5-3-4-6-15(12)21-2/h3-6,8,10-11H,7,9H2,1-2H3,(H,18,20). The third-order valence-corrected chi connectivity index (χ3v) is 3.77. The van der Waals surface area contributed by atoms with Crippen molar-refractivity contribution in [1.29, 1.82) is 0 Å². The van der Waals surface area contributed by atoms with E-state index in [1.807, 2.05) is 41.9 Å². The molecule has 1 aromatic carbocycles. The number of benzene rings is 1. The highest BCUT2D eigenvalue weighted by Crippen LogP contribution is 2.20. The quantitative estimate of drug-likeness (QED) is 0.788. The van der Waals surface area contributed by atoms with Crippen LogP contribution in [0.5, 0.6) is 5.75 Å². The number of carbonyl (C=O) groups excluding carboxylic acids is 1. The van der Waals surface area contributed by atoms with E-state index >= 15 is 0 Å². The molecule has 0 aliphatic carbocycles. The maximum absolute atomic E-state index is 12.3. The summed E-state index contributed by atoms with van der Waals surface area (Å²) in [6, 6.07) is 11.4. The minimum absolute atomic E-state index is 0.108. The molecule has 3 rings (SSSR count). The van der Waals surface area contributed by atoms with Crippen molar-refractivity contribution < 1.29 is 13.9 Å². The Morgan fingerprint density at radius 1 is 1.32 bits per heavy atom. The third-order valence-electron chi connectivity index (χ3n) is 3.77. The molecule has 0 saturated heterocycles. The predicted molar refractivity (Wildman–Crippen MR) is 84.2 cm³/mol. The molecule has 0 aliphatic rings. The predicted octanol–water partition coefficient (Wildman–Crippen LogP) is 2.75. The number of hydrogen-bond acceptors (Lipinski definition) is 3. The zero-order valence-corrected chi connectivity index (χ0v) is 12.6. The van der Waals surface area contributed by atoms with Crippen LogP contribution in [0, 0.1) is 0 Å². The molecule has 0 bridgehead atoms. The van der Waals surface area contributed by atoms with Crippen LogP contribution in [-0.2, 0) is 13.5 Å². The van der Waals surface area contributed by atoms with E-state index in [1.54, 1.807) is 19.4 Å². The Labute approximate surface area is 128 Å². The minimum atomic E-state index is -0.108. The Balaban J connectivity index is 1.65. The fourth-order valence-electron chi connectivity index (χ4n) is 2.58. The minimum Gasteiger partial charge on any atom is -0.496 e. The van der Waals surface area contributed by atoms with Gasteiger partial charge in [-0.3, -0.25) is 4.79 Å². The van der Waals surface area contributed by atoms with E-state index in [0.29, 0.717) is 12.2 Å². The lowest BCUT2D eigenvalue weighted by molar-refractivity contribution is 0.0946. The fraction of sp³-hybridized carbons (Fsp3) is 0.235. The normalized spacial score (nSPS) is 10.8. The molecule has 0 saturated carbocycles. The largest absolute Gasteiger partial charge is 0.496 e. The fourth-order valence-corrected chi connectivity index (χ4v) is 2.58. The van der Waals surface area contributed by atoms with Crippen molar-refractivity contribution in [3.05, 3.63) is 53.9 Å². The monoisotopic (exact) mass is 298 g/mol. The highest BCUT2D eigenvalue weighted by Gasteiger charge is 2.14. The summed E-state index contributed by atoms with van der Waals surface area (Å²) in [5.41, 5.74) is 3.30. The summed E-state index contributed by atoms with van der Waals surface area (Å²) in [5.74, 6) is 0.733. The molecule has 2 heterocycles. The number of furan rings is 1. The Morgan fingerprint density at radius 3 is 2.91 bits per heavy atom. The van der Waals surface area contributed by atoms with Gasteiger partial charge in [0.1, 0.15) is 11.4 Å². The van der Waals surface area contributed by atoms with Crippen LogP contribution >= 0.6 is 0 Å². The lowest BCUT2D eigenvalue weighted by Crippen LogP contribution is -2.27. The average Bonchev–Trinajstić information content (AvgIpc) is 3.11. The molecular formula is C17H18N2O3. The number of nitrogens with one attached hydrogen (secondary N) is 1. The van der Waals surface area contributed by atoms with Gasteiger partial charge in [-0.25, -0.2) is 0 Å². The number of carbonyl (C=O) groups is 1. The molecule has 0 radical (unpaired) electrons. The van der Waals surface area contributed by atoms with Crippen LogP contribution in [-0.4, -0.2) is 24.1 Å². The molecule has 0 spiro atoms. The van der Waals surface area contributed by atoms with Gasteiger partial charge in [-0.2, -0.15) is 0 Å². The van der Waals surface area contributed by atoms with Gasteiger partial charge in [-0.05, 0) is 18.1 Å². The first-order valence-corrected chi connectivity index (χ1v) is 7.13. The zero-order valence-electron chi connectivity index (χ0n) is 12.6. The molecule has 114 valence electrons. The molecule has 0 atom stereocenters. The van der Waals surface area contributed by atoms with Crippen molar-refractivity contribution in [2.75, 3.05) is 13.7 Å². The van der Waals surface area contributed by atoms with Crippen molar-refractivity contribution in [3.63, 3.8) is 0 Å². The topological polar surface area (TPSA) is 56.4 Å². The molecule has 3 aromatic rings. The molecule has 2 aromatic heterocycles. The van der Waals surface area contributed by atoms with Gasteiger partial charge in [-0.1, -0.05) is 18.2 Å². The number of aromatic nitrogens is 1. The number of fused-ring (bicyclic) bond motifs is 1. The lowest BCUT2D eigenvalue weighted by Gasteiger charge is -2.09. The zero-order chi connectivity index (χ0) is 15.5. The van der Waals surface area contributed by atoms with Crippen molar-refractivity contribution in [2.24, 2.45) is 7.05 Å². The van der Waals surface area contributed by atoms with Gasteiger partial charge in [0.05, 0.1) is 18.9 Å². The smallest absolute Gasteiger partial charge is 0.268 e. The summed E-state index contributed by atoms with van der Waals surface area (Å²) in [6.45, 7) is 0.547. The molecule has 22 heavy (non-hydrogen) atoms. The van der Waals surface area contributed by atoms with E-state index in [1.165, 1.54) is 0 Å². The molecule has 5 heteroatoms. The summed E-state index contributed by atoms with van der Waals surface area (Å²) in [6.07, 6.45) is 2.34. The average molecular weight is 298 g/mol. The van der Waals surface area contributed by atoms with Crippen LogP contribution in [0.2, 0.25) is 0 Å². The highest BCUT2D eigenvalue weighted by molar-refractivity contribution is 5.97. The van der Waals surface area contributed by atoms with E-state index in [9.17, 15) is 4.79 Å². The third kappa shape index (κ3) is 2.57. The van der Waals surface area contributed by atoms with E-state index in [4.69, 9.17) is 9.15 Å². The van der Waals surface area contributed by atoms with Crippen molar-refractivity contribution in [2.45, 2.75) is 6.42 Å². The molecule has 1 N–H and O–H groups in total. The Kier molecular flexibility index (Phi) is 3.87. The molecule has 5 nitrogen and oxygen atoms in total. The first-order chi connectivity index (χ1) is 10.7. The van der Waals surface area contributed by atoms with Gasteiger partial charge < -0.3 is 19.0 Å². The number of rotatable bonds is 5. The maximum Gasteiger partial charge on any atom is 0.268 e. The number of hydrogen-bond donors (Lipinski definition) is 1. The van der Waals surface area contributed by atoms with Gasteiger partial charge in [0.25, 0.3) is 5.91 Å². The van der Waals surface area contributed by atoms with Crippen LogP contribution in [0.25, 0.3) is 11.1 Å². The maximum atomic E-state index is 12.3. The van der Waals surface area contributed by atoms with Gasteiger partial charge in [-0.15, -0.1) is 0 Å². The van der Waals surface area contributed by atoms with Crippen LogP contribution in [0.15, 0.2) is 47.1 Å². The second-order valence-electron chi connectivity index (χ2n) is 5.08. The van der Waals surface area contributed by atoms with Crippen LogP contribution in [0.1, 0.15) is 16.1 Å². The highest BCUT2D eigenvalue weighted by atomic mass is 16.5. The van der Waals surface area contributed by atoms with Gasteiger partial charge in [0, 0.05) is 25.7 Å². The molecule has 0 unspecified atom stereocenters. The molecule has 0 fully saturated rings. The van der Waals surface area contributed by atoms with Crippen molar-refractivity contribution in [3.8, 4) is 5.75 Å². The van der Waals surface area contributed by atoms with Crippen LogP contribution in [0.3, 0.4) is 0 Å². The Morgan fingerprint density at radius 2 is 2.14 bits per heavy atom. The van der Waals surface area contributed by atoms with E-state index in [-0.39, 0.29) is 5.91 Å². The second-order valence-corrected chi connectivity index (χ2v) is 5.08. The van der Waals surface area contributed by atoms with Crippen molar-refractivity contribution >= 4 is 17.0 Å². The first-order valence-electron chi connectivity index (χ1n) is 7.13. The Bertz CT molecular complexity index is 801. The Hall–Kier alpha value is -2.69. The first kappa shape index (κ1) is 14.3. The molecule has 0 aliphatic heterocycles. The lowest BCUT2D eigenvalue weighted by atomic mass is 10.1. The SMILES string of the molecule is COc1ccccc1CCNC(=O)c1cc2occc2n1C. The summed E-state index contributed by atoms with van der Waals surface area (Å²) in [7, 11) is 3.50. The molecular weight excluding hydrogens is 280 g/mol. The van der Waals surface area contributed by atoms with Crippen LogP contribution in [0.4, 0.5) is 0 Å². The number of methoxy groups -OCH3 is 1. The van der Waals surface area contributed by atoms with Gasteiger partial charge in [0.2, 0.25) is 0 Å². The number of ether oxygens (including phenoxy) is 1. The summed E-state index contributed by atoms with van der Waals surface area (Å²) in [5, 5.41) is 2.93.